The van der Waals surface area contributed by atoms with E-state index >= 15 is 0 Å². The lowest BCUT2D eigenvalue weighted by Gasteiger charge is -2.37. The molecular formula is C23H20F8N2O. The van der Waals surface area contributed by atoms with E-state index in [1.165, 1.54) is 11.0 Å². The summed E-state index contributed by atoms with van der Waals surface area (Å²) in [5.74, 6) is -7.38. The number of hydrogen-bond acceptors (Lipinski definition) is 2. The van der Waals surface area contributed by atoms with Gasteiger partial charge < -0.3 is 9.80 Å². The number of rotatable bonds is 3. The second-order valence-corrected chi connectivity index (χ2v) is 8.56. The first-order valence-electron chi connectivity index (χ1n) is 10.5. The van der Waals surface area contributed by atoms with E-state index in [4.69, 9.17) is 0 Å². The molecule has 4 rings (SSSR count). The second kappa shape index (κ2) is 8.13. The topological polar surface area (TPSA) is 23.6 Å². The molecule has 34 heavy (non-hydrogen) atoms. The molecule has 2 fully saturated rings. The van der Waals surface area contributed by atoms with E-state index in [9.17, 15) is 39.9 Å². The minimum atomic E-state index is -4.60. The molecule has 2 aromatic carbocycles. The molecule has 1 aliphatic heterocycles. The van der Waals surface area contributed by atoms with Crippen molar-refractivity contribution in [2.75, 3.05) is 31.1 Å². The van der Waals surface area contributed by atoms with Crippen molar-refractivity contribution >= 4 is 11.6 Å². The third-order valence-corrected chi connectivity index (χ3v) is 6.39. The number of hydrogen-bond donors (Lipinski definition) is 0. The first kappa shape index (κ1) is 24.3. The number of piperazine rings is 1. The zero-order valence-corrected chi connectivity index (χ0v) is 17.9. The molecular weight excluding hydrogens is 472 g/mol. The lowest BCUT2D eigenvalue weighted by Crippen LogP contribution is -2.50. The Bertz CT molecular complexity index is 1070. The lowest BCUT2D eigenvalue weighted by molar-refractivity contribution is -0.138. The molecule has 1 aliphatic carbocycles. The zero-order valence-electron chi connectivity index (χ0n) is 17.9. The normalized spacial score (nSPS) is 22.6. The number of benzene rings is 2. The van der Waals surface area contributed by atoms with Gasteiger partial charge in [0.2, 0.25) is 5.91 Å². The van der Waals surface area contributed by atoms with Crippen molar-refractivity contribution < 1.29 is 39.9 Å². The van der Waals surface area contributed by atoms with E-state index < -0.39 is 47.1 Å². The Morgan fingerprint density at radius 2 is 1.38 bits per heavy atom. The van der Waals surface area contributed by atoms with Crippen LogP contribution in [0.4, 0.5) is 40.8 Å². The predicted molar refractivity (Wildman–Crippen MR) is 108 cm³/mol. The molecule has 1 saturated heterocycles. The minimum absolute atomic E-state index is 0.0425. The van der Waals surface area contributed by atoms with Gasteiger partial charge in [-0.1, -0.05) is 18.2 Å². The molecule has 0 radical (unpaired) electrons. The second-order valence-electron chi connectivity index (χ2n) is 8.56. The molecule has 1 unspecified atom stereocenters. The van der Waals surface area contributed by atoms with Crippen molar-refractivity contribution in [3.63, 3.8) is 0 Å². The quantitative estimate of drug-likeness (QED) is 0.511. The average Bonchev–Trinajstić information content (AvgIpc) is 3.34. The summed E-state index contributed by atoms with van der Waals surface area (Å²) in [6.45, 7) is 2.07. The Kier molecular flexibility index (Phi) is 5.80. The number of aryl methyl sites for hydroxylation is 1. The van der Waals surface area contributed by atoms with Gasteiger partial charge in [-0.05, 0) is 42.3 Å². The number of alkyl halides is 8. The Hall–Kier alpha value is -2.85. The van der Waals surface area contributed by atoms with Crippen LogP contribution in [0.25, 0.3) is 0 Å². The van der Waals surface area contributed by atoms with Gasteiger partial charge >= 0.3 is 12.4 Å². The molecule has 0 N–H and O–H groups in total. The molecule has 0 bridgehead atoms. The first-order chi connectivity index (χ1) is 15.7. The van der Waals surface area contributed by atoms with E-state index in [2.05, 4.69) is 0 Å². The van der Waals surface area contributed by atoms with Gasteiger partial charge in [0, 0.05) is 31.9 Å². The summed E-state index contributed by atoms with van der Waals surface area (Å²) in [4.78, 5) is 15.7. The summed E-state index contributed by atoms with van der Waals surface area (Å²) in [5, 5.41) is 0. The summed E-state index contributed by atoms with van der Waals surface area (Å²) in [5.41, 5.74) is -0.840. The van der Waals surface area contributed by atoms with Crippen molar-refractivity contribution in [2.24, 2.45) is 5.92 Å². The van der Waals surface area contributed by atoms with Gasteiger partial charge in [0.15, 0.2) is 0 Å². The smallest absolute Gasteiger partial charge is 0.368 e. The van der Waals surface area contributed by atoms with Crippen LogP contribution in [0.3, 0.4) is 0 Å². The lowest BCUT2D eigenvalue weighted by atomic mass is 10.1. The first-order valence-corrected chi connectivity index (χ1v) is 10.5. The number of carbonyl (C=O) groups is 1. The maximum Gasteiger partial charge on any atom is 0.416 e. The van der Waals surface area contributed by atoms with Crippen LogP contribution in [-0.4, -0.2) is 42.9 Å². The highest BCUT2D eigenvalue weighted by Crippen LogP contribution is 2.62. The summed E-state index contributed by atoms with van der Waals surface area (Å²) in [6.07, 6.45) is -9.11. The van der Waals surface area contributed by atoms with Gasteiger partial charge in [0.05, 0.1) is 17.0 Å². The third-order valence-electron chi connectivity index (χ3n) is 6.39. The van der Waals surface area contributed by atoms with Crippen LogP contribution in [-0.2, 0) is 17.1 Å². The van der Waals surface area contributed by atoms with Crippen LogP contribution < -0.4 is 4.90 Å². The Balaban J connectivity index is 1.43. The Labute approximate surface area is 189 Å². The van der Waals surface area contributed by atoms with Gasteiger partial charge in [-0.15, -0.1) is 0 Å². The fourth-order valence-corrected chi connectivity index (χ4v) is 4.42. The predicted octanol–water partition coefficient (Wildman–Crippen LogP) is 5.73. The van der Waals surface area contributed by atoms with Crippen LogP contribution in [0, 0.1) is 12.8 Å². The van der Waals surface area contributed by atoms with E-state index in [1.54, 1.807) is 11.8 Å². The van der Waals surface area contributed by atoms with Crippen molar-refractivity contribution in [1.82, 2.24) is 4.90 Å². The van der Waals surface area contributed by atoms with Crippen molar-refractivity contribution in [3.05, 3.63) is 64.7 Å². The maximum atomic E-state index is 14.5. The van der Waals surface area contributed by atoms with Gasteiger partial charge in [-0.25, -0.2) is 8.78 Å². The third kappa shape index (κ3) is 4.44. The molecule has 1 heterocycles. The number of amides is 1. The molecule has 184 valence electrons. The summed E-state index contributed by atoms with van der Waals surface area (Å²) in [6, 6.07) is 6.71. The number of carbonyl (C=O) groups excluding carboxylic acids is 1. The van der Waals surface area contributed by atoms with Crippen LogP contribution in [0.15, 0.2) is 42.5 Å². The van der Waals surface area contributed by atoms with Gasteiger partial charge in [-0.3, -0.25) is 4.79 Å². The SMILES string of the molecule is Cc1ccc(C(F)(F)F)cc1N1CCN(C(=O)[C@H]2C(c3ccc(C(F)(F)F)cc3)C2(F)F)CC1. The van der Waals surface area contributed by atoms with E-state index in [1.807, 2.05) is 0 Å². The standard InChI is InChI=1S/C23H20F8N2O/c1-13-2-5-16(23(29,30)31)12-17(13)32-8-10-33(11-9-32)20(34)19-18(21(19,24)25)14-3-6-15(7-4-14)22(26,27)28/h2-7,12,18-19H,8-11H2,1H3/t18?,19-/m1/s1. The van der Waals surface area contributed by atoms with Gasteiger partial charge in [-0.2, -0.15) is 26.3 Å². The van der Waals surface area contributed by atoms with E-state index in [-0.39, 0.29) is 31.7 Å². The molecule has 0 spiro atoms. The molecule has 0 aromatic heterocycles. The molecule has 2 aromatic rings. The molecule has 2 atom stereocenters. The molecule has 1 amide bonds. The molecule has 1 saturated carbocycles. The highest BCUT2D eigenvalue weighted by atomic mass is 19.4. The molecule has 3 nitrogen and oxygen atoms in total. The van der Waals surface area contributed by atoms with Crippen molar-refractivity contribution in [3.8, 4) is 0 Å². The monoisotopic (exact) mass is 492 g/mol. The minimum Gasteiger partial charge on any atom is -0.368 e. The number of anilines is 1. The Morgan fingerprint density at radius 1 is 0.853 bits per heavy atom. The van der Waals surface area contributed by atoms with Gasteiger partial charge in [0.25, 0.3) is 5.92 Å². The number of nitrogens with zero attached hydrogens (tertiary/aromatic N) is 2. The molecule has 2 aliphatic rings. The summed E-state index contributed by atoms with van der Waals surface area (Å²) >= 11 is 0. The highest BCUT2D eigenvalue weighted by molar-refractivity contribution is 5.85. The van der Waals surface area contributed by atoms with Crippen LogP contribution >= 0.6 is 0 Å². The highest BCUT2D eigenvalue weighted by Gasteiger charge is 2.73. The van der Waals surface area contributed by atoms with E-state index in [0.717, 1.165) is 24.3 Å². The fraction of sp³-hybridized carbons (Fsp3) is 0.435. The molecule has 11 heteroatoms. The fourth-order valence-electron chi connectivity index (χ4n) is 4.42. The van der Waals surface area contributed by atoms with Crippen LogP contribution in [0.1, 0.15) is 28.2 Å². The number of halogens is 8. The maximum absolute atomic E-state index is 14.5. The van der Waals surface area contributed by atoms with Crippen molar-refractivity contribution in [1.29, 1.82) is 0 Å². The zero-order chi connectivity index (χ0) is 25.1. The van der Waals surface area contributed by atoms with Crippen LogP contribution in [0.5, 0.6) is 0 Å². The summed E-state index contributed by atoms with van der Waals surface area (Å²) < 4.78 is 106. The van der Waals surface area contributed by atoms with E-state index in [0.29, 0.717) is 23.4 Å². The van der Waals surface area contributed by atoms with Crippen LogP contribution in [0.2, 0.25) is 0 Å². The van der Waals surface area contributed by atoms with Crippen molar-refractivity contribution in [2.45, 2.75) is 31.1 Å². The average molecular weight is 492 g/mol. The largest absolute Gasteiger partial charge is 0.416 e. The summed E-state index contributed by atoms with van der Waals surface area (Å²) in [7, 11) is 0. The Morgan fingerprint density at radius 3 is 1.91 bits per heavy atom. The van der Waals surface area contributed by atoms with Gasteiger partial charge in [0.1, 0.15) is 5.92 Å².